The van der Waals surface area contributed by atoms with Crippen molar-refractivity contribution < 1.29 is 9.32 Å². The first-order valence-corrected chi connectivity index (χ1v) is 7.66. The normalized spacial score (nSPS) is 12.6. The largest absolute Gasteiger partial charge is 0.361 e. The summed E-state index contributed by atoms with van der Waals surface area (Å²) < 4.78 is 5.32. The topological polar surface area (TPSA) is 62.1 Å². The van der Waals surface area contributed by atoms with Crippen molar-refractivity contribution in [3.8, 4) is 11.3 Å². The van der Waals surface area contributed by atoms with E-state index < -0.39 is 0 Å². The van der Waals surface area contributed by atoms with Gasteiger partial charge in [-0.2, -0.15) is 0 Å². The summed E-state index contributed by atoms with van der Waals surface area (Å²) in [4.78, 5) is 17.6. The molecule has 0 spiro atoms. The molecule has 0 bridgehead atoms. The number of fused-ring (bicyclic) bond motifs is 1. The molecule has 1 atom stereocenters. The monoisotopic (exact) mass is 311 g/mol. The van der Waals surface area contributed by atoms with Crippen molar-refractivity contribution in [1.82, 2.24) is 15.0 Å². The van der Waals surface area contributed by atoms with E-state index >= 15 is 0 Å². The number of carbonyl (C=O) groups excluding carboxylic acids is 1. The van der Waals surface area contributed by atoms with Gasteiger partial charge in [-0.25, -0.2) is 0 Å². The number of rotatable bonds is 3. The van der Waals surface area contributed by atoms with Crippen LogP contribution in [0.4, 0.5) is 0 Å². The SMILES string of the molecule is Cc1noc(C)c1-c1[nH]c2ccccc2c1C(C)C(=O)N(C)C. The fourth-order valence-electron chi connectivity index (χ4n) is 3.16. The number of nitrogens with one attached hydrogen (secondary N) is 1. The van der Waals surface area contributed by atoms with E-state index in [-0.39, 0.29) is 11.8 Å². The van der Waals surface area contributed by atoms with Crippen LogP contribution in [0.2, 0.25) is 0 Å². The highest BCUT2D eigenvalue weighted by molar-refractivity contribution is 5.97. The first-order chi connectivity index (χ1) is 10.9. The van der Waals surface area contributed by atoms with E-state index in [0.717, 1.165) is 39.2 Å². The maximum absolute atomic E-state index is 12.5. The van der Waals surface area contributed by atoms with Crippen LogP contribution in [-0.2, 0) is 4.79 Å². The predicted octanol–water partition coefficient (Wildman–Crippen LogP) is 3.63. The lowest BCUT2D eigenvalue weighted by Gasteiger charge is -2.18. The lowest BCUT2D eigenvalue weighted by atomic mass is 9.93. The number of H-pyrrole nitrogens is 1. The van der Waals surface area contributed by atoms with Gasteiger partial charge in [0, 0.05) is 25.0 Å². The van der Waals surface area contributed by atoms with Gasteiger partial charge in [-0.1, -0.05) is 23.4 Å². The van der Waals surface area contributed by atoms with Crippen molar-refractivity contribution in [2.75, 3.05) is 14.1 Å². The number of benzene rings is 1. The minimum atomic E-state index is -0.259. The number of carbonyl (C=O) groups is 1. The van der Waals surface area contributed by atoms with Crippen LogP contribution in [-0.4, -0.2) is 35.0 Å². The first kappa shape index (κ1) is 15.3. The van der Waals surface area contributed by atoms with E-state index in [1.54, 1.807) is 19.0 Å². The molecule has 23 heavy (non-hydrogen) atoms. The zero-order valence-corrected chi connectivity index (χ0v) is 14.1. The summed E-state index contributed by atoms with van der Waals surface area (Å²) in [5.41, 5.74) is 4.68. The van der Waals surface area contributed by atoms with Crippen LogP contribution in [0.15, 0.2) is 28.8 Å². The Morgan fingerprint density at radius 3 is 2.57 bits per heavy atom. The summed E-state index contributed by atoms with van der Waals surface area (Å²) in [5, 5.41) is 5.11. The Bertz CT molecular complexity index is 854. The highest BCUT2D eigenvalue weighted by Crippen LogP contribution is 2.38. The van der Waals surface area contributed by atoms with Crippen LogP contribution >= 0.6 is 0 Å². The zero-order chi connectivity index (χ0) is 16.7. The molecule has 1 N–H and O–H groups in total. The number of para-hydroxylation sites is 1. The van der Waals surface area contributed by atoms with E-state index in [1.807, 2.05) is 45.0 Å². The smallest absolute Gasteiger partial charge is 0.229 e. The second-order valence-electron chi connectivity index (χ2n) is 6.11. The van der Waals surface area contributed by atoms with Gasteiger partial charge in [0.2, 0.25) is 5.91 Å². The number of nitrogens with zero attached hydrogens (tertiary/aromatic N) is 2. The summed E-state index contributed by atoms with van der Waals surface area (Å²) in [6.07, 6.45) is 0. The molecule has 5 nitrogen and oxygen atoms in total. The van der Waals surface area contributed by atoms with E-state index in [2.05, 4.69) is 10.1 Å². The Balaban J connectivity index is 2.30. The molecule has 0 aliphatic heterocycles. The lowest BCUT2D eigenvalue weighted by molar-refractivity contribution is -0.129. The Labute approximate surface area is 135 Å². The third-order valence-electron chi connectivity index (χ3n) is 4.27. The van der Waals surface area contributed by atoms with Gasteiger partial charge in [0.25, 0.3) is 0 Å². The fourth-order valence-corrected chi connectivity index (χ4v) is 3.16. The maximum atomic E-state index is 12.5. The Morgan fingerprint density at radius 2 is 1.96 bits per heavy atom. The van der Waals surface area contributed by atoms with Crippen molar-refractivity contribution in [3.63, 3.8) is 0 Å². The number of hydrogen-bond donors (Lipinski definition) is 1. The molecule has 2 heterocycles. The minimum Gasteiger partial charge on any atom is -0.361 e. The van der Waals surface area contributed by atoms with Gasteiger partial charge >= 0.3 is 0 Å². The Kier molecular flexibility index (Phi) is 3.72. The van der Waals surface area contributed by atoms with Crippen molar-refractivity contribution in [2.45, 2.75) is 26.7 Å². The number of aromatic amines is 1. The molecule has 1 amide bonds. The summed E-state index contributed by atoms with van der Waals surface area (Å²) in [7, 11) is 3.56. The van der Waals surface area contributed by atoms with Gasteiger partial charge in [0.15, 0.2) is 0 Å². The second kappa shape index (κ2) is 5.57. The third-order valence-corrected chi connectivity index (χ3v) is 4.27. The van der Waals surface area contributed by atoms with E-state index in [9.17, 15) is 4.79 Å². The summed E-state index contributed by atoms with van der Waals surface area (Å²) in [6.45, 7) is 5.75. The van der Waals surface area contributed by atoms with Crippen molar-refractivity contribution >= 4 is 16.8 Å². The summed E-state index contributed by atoms with van der Waals surface area (Å²) >= 11 is 0. The van der Waals surface area contributed by atoms with Crippen LogP contribution in [0.3, 0.4) is 0 Å². The van der Waals surface area contributed by atoms with E-state index in [4.69, 9.17) is 4.52 Å². The Morgan fingerprint density at radius 1 is 1.26 bits per heavy atom. The molecular formula is C18H21N3O2. The van der Waals surface area contributed by atoms with Gasteiger partial charge in [-0.05, 0) is 32.4 Å². The lowest BCUT2D eigenvalue weighted by Crippen LogP contribution is -2.26. The molecule has 2 aromatic heterocycles. The molecule has 0 saturated heterocycles. The molecule has 1 aromatic carbocycles. The van der Waals surface area contributed by atoms with Gasteiger partial charge in [-0.15, -0.1) is 0 Å². The molecule has 1 unspecified atom stereocenters. The average molecular weight is 311 g/mol. The number of aromatic nitrogens is 2. The highest BCUT2D eigenvalue weighted by atomic mass is 16.5. The van der Waals surface area contributed by atoms with Crippen molar-refractivity contribution in [3.05, 3.63) is 41.3 Å². The van der Waals surface area contributed by atoms with Crippen LogP contribution in [0.5, 0.6) is 0 Å². The van der Waals surface area contributed by atoms with Crippen molar-refractivity contribution in [1.29, 1.82) is 0 Å². The quantitative estimate of drug-likeness (QED) is 0.803. The molecule has 3 rings (SSSR count). The molecule has 0 saturated carbocycles. The fraction of sp³-hybridized carbons (Fsp3) is 0.333. The molecular weight excluding hydrogens is 290 g/mol. The average Bonchev–Trinajstić information content (AvgIpc) is 3.05. The molecule has 3 aromatic rings. The molecule has 0 aliphatic rings. The van der Waals surface area contributed by atoms with Gasteiger partial charge in [0.05, 0.1) is 22.9 Å². The van der Waals surface area contributed by atoms with E-state index in [1.165, 1.54) is 0 Å². The highest BCUT2D eigenvalue weighted by Gasteiger charge is 2.27. The van der Waals surface area contributed by atoms with Crippen LogP contribution in [0, 0.1) is 13.8 Å². The number of aryl methyl sites for hydroxylation is 2. The maximum Gasteiger partial charge on any atom is 0.229 e. The number of hydrogen-bond acceptors (Lipinski definition) is 3. The molecule has 0 radical (unpaired) electrons. The van der Waals surface area contributed by atoms with Crippen LogP contribution in [0.1, 0.15) is 29.9 Å². The molecule has 5 heteroatoms. The second-order valence-corrected chi connectivity index (χ2v) is 6.11. The van der Waals surface area contributed by atoms with E-state index in [0.29, 0.717) is 0 Å². The van der Waals surface area contributed by atoms with Gasteiger partial charge in [-0.3, -0.25) is 4.79 Å². The molecule has 120 valence electrons. The van der Waals surface area contributed by atoms with Crippen LogP contribution in [0.25, 0.3) is 22.2 Å². The van der Waals surface area contributed by atoms with Crippen LogP contribution < -0.4 is 0 Å². The standard InChI is InChI=1S/C18H21N3O2/c1-10(18(22)21(4)5)15-13-8-6-7-9-14(13)19-17(15)16-11(2)20-23-12(16)3/h6-10,19H,1-5H3. The third kappa shape index (κ3) is 2.42. The van der Waals surface area contributed by atoms with Gasteiger partial charge in [0.1, 0.15) is 5.76 Å². The Hall–Kier alpha value is -2.56. The predicted molar refractivity (Wildman–Crippen MR) is 90.4 cm³/mol. The number of likely N-dealkylation sites (N-methyl/N-ethyl adjacent to an activating group) is 1. The summed E-state index contributed by atoms with van der Waals surface area (Å²) in [6, 6.07) is 8.04. The first-order valence-electron chi connectivity index (χ1n) is 7.66. The van der Waals surface area contributed by atoms with Crippen molar-refractivity contribution in [2.24, 2.45) is 0 Å². The van der Waals surface area contributed by atoms with Gasteiger partial charge < -0.3 is 14.4 Å². The molecule has 0 aliphatic carbocycles. The molecule has 0 fully saturated rings. The minimum absolute atomic E-state index is 0.0720. The number of amides is 1. The summed E-state index contributed by atoms with van der Waals surface area (Å²) in [5.74, 6) is 0.562. The zero-order valence-electron chi connectivity index (χ0n) is 14.1.